The molecule has 5 heteroatoms. The Hall–Kier alpha value is -0.810. The van der Waals surface area contributed by atoms with Crippen LogP contribution in [0.5, 0.6) is 0 Å². The Balaban J connectivity index is 1.86. The highest BCUT2D eigenvalue weighted by Gasteiger charge is 2.37. The predicted molar refractivity (Wildman–Crippen MR) is 83.0 cm³/mol. The molecule has 20 heavy (non-hydrogen) atoms. The van der Waals surface area contributed by atoms with Crippen LogP contribution >= 0.6 is 22.9 Å². The molecule has 1 saturated carbocycles. The van der Waals surface area contributed by atoms with Crippen LogP contribution in [0.15, 0.2) is 34.9 Å². The number of rotatable bonds is 6. The van der Waals surface area contributed by atoms with Gasteiger partial charge in [-0.25, -0.2) is 0 Å². The zero-order valence-corrected chi connectivity index (χ0v) is 13.0. The van der Waals surface area contributed by atoms with Crippen LogP contribution in [0.1, 0.15) is 36.4 Å². The molecule has 0 amide bonds. The lowest BCUT2D eigenvalue weighted by atomic mass is 10.1. The molecule has 2 heterocycles. The molecule has 2 aromatic heterocycles. The zero-order valence-electron chi connectivity index (χ0n) is 11.5. The van der Waals surface area contributed by atoms with Crippen molar-refractivity contribution in [3.63, 3.8) is 0 Å². The van der Waals surface area contributed by atoms with E-state index in [4.69, 9.17) is 21.8 Å². The maximum atomic E-state index is 6.26. The average Bonchev–Trinajstić information content (AvgIpc) is 2.96. The van der Waals surface area contributed by atoms with Crippen LogP contribution in [0.25, 0.3) is 0 Å². The summed E-state index contributed by atoms with van der Waals surface area (Å²) < 4.78 is 6.33. The monoisotopic (exact) mass is 310 g/mol. The van der Waals surface area contributed by atoms with Crippen LogP contribution in [0.3, 0.4) is 0 Å². The summed E-state index contributed by atoms with van der Waals surface area (Å²) in [4.78, 5) is 3.70. The van der Waals surface area contributed by atoms with Crippen molar-refractivity contribution in [2.24, 2.45) is 5.73 Å². The van der Waals surface area contributed by atoms with Crippen molar-refractivity contribution in [3.05, 3.63) is 45.5 Å². The van der Waals surface area contributed by atoms with Gasteiger partial charge in [-0.3, -0.25) is 4.90 Å². The molecule has 0 aliphatic heterocycles. The highest BCUT2D eigenvalue weighted by molar-refractivity contribution is 7.16. The molecule has 1 aliphatic rings. The van der Waals surface area contributed by atoms with Gasteiger partial charge in [0.2, 0.25) is 0 Å². The summed E-state index contributed by atoms with van der Waals surface area (Å²) in [6, 6.07) is 8.87. The Morgan fingerprint density at radius 2 is 2.25 bits per heavy atom. The second-order valence-corrected chi connectivity index (χ2v) is 7.18. The second-order valence-electron chi connectivity index (χ2n) is 5.43. The van der Waals surface area contributed by atoms with E-state index in [0.29, 0.717) is 6.04 Å². The molecule has 0 spiro atoms. The standard InChI is InChI=1S/C15H19ClN2OS/c1-10(17)15(13-6-7-14(16)20-13)18(11-4-5-11)9-12-3-2-8-19-12/h2-3,6-8,10-11,15H,4-5,9,17H2,1H3. The molecule has 0 bridgehead atoms. The van der Waals surface area contributed by atoms with Crippen LogP contribution in [0.2, 0.25) is 4.34 Å². The molecule has 1 aliphatic carbocycles. The molecule has 3 rings (SSSR count). The Bertz CT molecular complexity index is 548. The fourth-order valence-electron chi connectivity index (χ4n) is 2.66. The molecule has 2 aromatic rings. The lowest BCUT2D eigenvalue weighted by Gasteiger charge is -2.33. The van der Waals surface area contributed by atoms with Crippen LogP contribution in [-0.4, -0.2) is 17.0 Å². The van der Waals surface area contributed by atoms with E-state index in [1.54, 1.807) is 17.6 Å². The third-order valence-electron chi connectivity index (χ3n) is 3.68. The highest BCUT2D eigenvalue weighted by Crippen LogP contribution is 2.40. The minimum atomic E-state index is 0.0558. The number of hydrogen-bond acceptors (Lipinski definition) is 4. The summed E-state index contributed by atoms with van der Waals surface area (Å²) in [6.07, 6.45) is 4.20. The maximum absolute atomic E-state index is 6.26. The van der Waals surface area contributed by atoms with Crippen molar-refractivity contribution < 1.29 is 4.42 Å². The first-order valence-corrected chi connectivity index (χ1v) is 8.13. The summed E-state index contributed by atoms with van der Waals surface area (Å²) in [5, 5.41) is 0. The largest absolute Gasteiger partial charge is 0.468 e. The Morgan fingerprint density at radius 3 is 2.75 bits per heavy atom. The first kappa shape index (κ1) is 14.1. The minimum absolute atomic E-state index is 0.0558. The molecule has 1 fully saturated rings. The third kappa shape index (κ3) is 3.09. The number of halogens is 1. The van der Waals surface area contributed by atoms with Crippen LogP contribution in [-0.2, 0) is 6.54 Å². The summed E-state index contributed by atoms with van der Waals surface area (Å²) in [5.74, 6) is 0.991. The normalized spacial score (nSPS) is 18.4. The van der Waals surface area contributed by atoms with Gasteiger partial charge >= 0.3 is 0 Å². The van der Waals surface area contributed by atoms with Gasteiger partial charge in [-0.1, -0.05) is 11.6 Å². The van der Waals surface area contributed by atoms with Gasteiger partial charge < -0.3 is 10.2 Å². The molecule has 0 radical (unpaired) electrons. The molecule has 108 valence electrons. The van der Waals surface area contributed by atoms with Crippen LogP contribution in [0.4, 0.5) is 0 Å². The van der Waals surface area contributed by atoms with Gasteiger partial charge in [0.05, 0.1) is 23.2 Å². The van der Waals surface area contributed by atoms with E-state index in [1.807, 2.05) is 18.2 Å². The van der Waals surface area contributed by atoms with Crippen molar-refractivity contribution >= 4 is 22.9 Å². The van der Waals surface area contributed by atoms with Gasteiger partial charge in [0.1, 0.15) is 5.76 Å². The van der Waals surface area contributed by atoms with E-state index in [0.717, 1.165) is 16.6 Å². The number of furan rings is 1. The fourth-order valence-corrected chi connectivity index (χ4v) is 3.95. The molecule has 2 atom stereocenters. The third-order valence-corrected chi connectivity index (χ3v) is 4.98. The smallest absolute Gasteiger partial charge is 0.117 e. The van der Waals surface area contributed by atoms with Crippen LogP contribution in [0, 0.1) is 0 Å². The number of nitrogens with zero attached hydrogens (tertiary/aromatic N) is 1. The van der Waals surface area contributed by atoms with Crippen LogP contribution < -0.4 is 5.73 Å². The van der Waals surface area contributed by atoms with Crippen molar-refractivity contribution in [2.75, 3.05) is 0 Å². The van der Waals surface area contributed by atoms with E-state index in [2.05, 4.69) is 17.9 Å². The zero-order chi connectivity index (χ0) is 14.1. The van der Waals surface area contributed by atoms with E-state index in [-0.39, 0.29) is 12.1 Å². The molecular formula is C15H19ClN2OS. The highest BCUT2D eigenvalue weighted by atomic mass is 35.5. The van der Waals surface area contributed by atoms with Gasteiger partial charge in [-0.05, 0) is 44.0 Å². The molecular weight excluding hydrogens is 292 g/mol. The Kier molecular flexibility index (Phi) is 4.17. The van der Waals surface area contributed by atoms with Crippen molar-refractivity contribution in [1.82, 2.24) is 4.90 Å². The summed E-state index contributed by atoms with van der Waals surface area (Å²) in [5.41, 5.74) is 6.26. The Labute approximate surface area is 128 Å². The lowest BCUT2D eigenvalue weighted by Crippen LogP contribution is -2.40. The molecule has 0 aromatic carbocycles. The minimum Gasteiger partial charge on any atom is -0.468 e. The first-order valence-electron chi connectivity index (χ1n) is 6.94. The second kappa shape index (κ2) is 5.90. The molecule has 3 nitrogen and oxygen atoms in total. The van der Waals surface area contributed by atoms with E-state index >= 15 is 0 Å². The number of nitrogens with two attached hydrogens (primary N) is 1. The average molecular weight is 311 g/mol. The van der Waals surface area contributed by atoms with E-state index < -0.39 is 0 Å². The fraction of sp³-hybridized carbons (Fsp3) is 0.467. The SMILES string of the molecule is CC(N)C(c1ccc(Cl)s1)N(Cc1ccco1)C1CC1. The summed E-state index contributed by atoms with van der Waals surface area (Å²) >= 11 is 7.72. The Morgan fingerprint density at radius 1 is 1.45 bits per heavy atom. The molecule has 2 N–H and O–H groups in total. The van der Waals surface area contributed by atoms with E-state index in [9.17, 15) is 0 Å². The lowest BCUT2D eigenvalue weighted by molar-refractivity contribution is 0.148. The van der Waals surface area contributed by atoms with Gasteiger partial charge in [0.25, 0.3) is 0 Å². The van der Waals surface area contributed by atoms with Gasteiger partial charge in [0.15, 0.2) is 0 Å². The number of hydrogen-bond donors (Lipinski definition) is 1. The quantitative estimate of drug-likeness (QED) is 0.875. The van der Waals surface area contributed by atoms with Gasteiger partial charge in [0, 0.05) is 17.0 Å². The van der Waals surface area contributed by atoms with Gasteiger partial charge in [-0.2, -0.15) is 0 Å². The summed E-state index contributed by atoms with van der Waals surface area (Å²) in [7, 11) is 0. The first-order chi connectivity index (χ1) is 9.65. The van der Waals surface area contributed by atoms with Crippen molar-refractivity contribution in [1.29, 1.82) is 0 Å². The number of thiophene rings is 1. The molecule has 0 saturated heterocycles. The van der Waals surface area contributed by atoms with Crippen molar-refractivity contribution in [3.8, 4) is 0 Å². The van der Waals surface area contributed by atoms with Crippen molar-refractivity contribution in [2.45, 2.75) is 44.4 Å². The van der Waals surface area contributed by atoms with Gasteiger partial charge in [-0.15, -0.1) is 11.3 Å². The molecule has 2 unspecified atom stereocenters. The van der Waals surface area contributed by atoms with E-state index in [1.165, 1.54) is 17.7 Å². The topological polar surface area (TPSA) is 42.4 Å². The predicted octanol–water partition coefficient (Wildman–Crippen LogP) is 4.05. The maximum Gasteiger partial charge on any atom is 0.117 e. The summed E-state index contributed by atoms with van der Waals surface area (Å²) in [6.45, 7) is 2.87.